The summed E-state index contributed by atoms with van der Waals surface area (Å²) < 4.78 is 5.59. The maximum atomic E-state index is 13.8. The molecule has 1 heterocycles. The van der Waals surface area contributed by atoms with E-state index in [1.807, 2.05) is 36.2 Å². The van der Waals surface area contributed by atoms with E-state index in [2.05, 4.69) is 39.1 Å². The van der Waals surface area contributed by atoms with Crippen LogP contribution in [0.1, 0.15) is 78.2 Å². The molecule has 1 unspecified atom stereocenters. The fourth-order valence-electron chi connectivity index (χ4n) is 8.63. The van der Waals surface area contributed by atoms with Crippen molar-refractivity contribution in [2.24, 2.45) is 34.5 Å². The lowest BCUT2D eigenvalue weighted by Gasteiger charge is -2.58. The van der Waals surface area contributed by atoms with E-state index >= 15 is 0 Å². The maximum absolute atomic E-state index is 13.8. The van der Waals surface area contributed by atoms with Crippen LogP contribution in [0.15, 0.2) is 36.0 Å². The highest BCUT2D eigenvalue weighted by atomic mass is 16.5. The Morgan fingerprint density at radius 3 is 2.60 bits per heavy atom. The largest absolute Gasteiger partial charge is 0.496 e. The number of amides is 2. The molecule has 1 aliphatic heterocycles. The van der Waals surface area contributed by atoms with Crippen LogP contribution in [0.3, 0.4) is 0 Å². The van der Waals surface area contributed by atoms with Gasteiger partial charge in [0.25, 0.3) is 0 Å². The number of piperidine rings is 1. The van der Waals surface area contributed by atoms with Crippen molar-refractivity contribution < 1.29 is 14.3 Å². The zero-order chi connectivity index (χ0) is 25.2. The lowest BCUT2D eigenvalue weighted by molar-refractivity contribution is -0.139. The van der Waals surface area contributed by atoms with Crippen molar-refractivity contribution in [3.8, 4) is 5.75 Å². The third kappa shape index (κ3) is 3.64. The second-order valence-electron chi connectivity index (χ2n) is 12.6. The number of methoxy groups -OCH3 is 1. The second-order valence-corrected chi connectivity index (χ2v) is 12.6. The number of carbonyl (C=O) groups excluding carboxylic acids is 2. The van der Waals surface area contributed by atoms with Crippen LogP contribution in [0.2, 0.25) is 0 Å². The third-order valence-corrected chi connectivity index (χ3v) is 10.6. The highest BCUT2D eigenvalue weighted by Gasteiger charge is 2.60. The van der Waals surface area contributed by atoms with Crippen molar-refractivity contribution in [1.29, 1.82) is 0 Å². The van der Waals surface area contributed by atoms with Gasteiger partial charge in [-0.25, -0.2) is 0 Å². The molecule has 3 fully saturated rings. The first-order valence-electron chi connectivity index (χ1n) is 13.5. The molecule has 0 spiro atoms. The molecule has 0 bridgehead atoms. The number of nitrogens with one attached hydrogen (secondary N) is 1. The number of likely N-dealkylation sites (tertiary alicyclic amines) is 1. The summed E-state index contributed by atoms with van der Waals surface area (Å²) in [5.74, 6) is 3.05. The number of benzene rings is 1. The molecule has 2 saturated carbocycles. The zero-order valence-corrected chi connectivity index (χ0v) is 22.3. The van der Waals surface area contributed by atoms with E-state index in [0.717, 1.165) is 49.8 Å². The quantitative estimate of drug-likeness (QED) is 0.608. The van der Waals surface area contributed by atoms with E-state index in [4.69, 9.17) is 4.74 Å². The molecule has 1 saturated heterocycles. The van der Waals surface area contributed by atoms with Crippen LogP contribution in [0.4, 0.5) is 0 Å². The van der Waals surface area contributed by atoms with Gasteiger partial charge < -0.3 is 15.0 Å². The van der Waals surface area contributed by atoms with Crippen molar-refractivity contribution in [3.63, 3.8) is 0 Å². The van der Waals surface area contributed by atoms with Crippen molar-refractivity contribution in [2.75, 3.05) is 14.2 Å². The zero-order valence-electron chi connectivity index (χ0n) is 22.3. The van der Waals surface area contributed by atoms with Crippen LogP contribution >= 0.6 is 0 Å². The maximum Gasteiger partial charge on any atom is 0.226 e. The summed E-state index contributed by atoms with van der Waals surface area (Å²) in [4.78, 5) is 28.1. The number of allylic oxidation sites excluding steroid dienone is 2. The van der Waals surface area contributed by atoms with E-state index < -0.39 is 5.54 Å². The number of carbonyl (C=O) groups is 2. The highest BCUT2D eigenvalue weighted by Crippen LogP contribution is 2.66. The Hall–Kier alpha value is -2.30. The molecule has 5 rings (SSSR count). The monoisotopic (exact) mass is 478 g/mol. The standard InChI is InChI=1S/C30H42N2O3/c1-28(2,22-9-7-8-10-24(22)35-6)31-27(34)23-13-12-20-19-11-14-25-30(4,18-16-26(33)32(25)5)21(19)15-17-29(20,23)3/h7-10,14,19-21,23H,11-13,15-18H2,1-6H3,(H,31,34)/t19-,20-,21-,23?,29-,30+/m0/s1. The van der Waals surface area contributed by atoms with Crippen LogP contribution in [0.5, 0.6) is 5.75 Å². The van der Waals surface area contributed by atoms with E-state index in [9.17, 15) is 9.59 Å². The average Bonchev–Trinajstić information content (AvgIpc) is 3.19. The minimum absolute atomic E-state index is 0.0280. The molecule has 5 nitrogen and oxygen atoms in total. The molecule has 1 aromatic carbocycles. The SMILES string of the molecule is COc1ccccc1C(C)(C)NC(=O)C1CC[C@H]2[C@@H]3CC=C4N(C)C(=O)CC[C@]4(C)[C@H]3CC[C@]12C. The lowest BCUT2D eigenvalue weighted by atomic mass is 9.49. The van der Waals surface area contributed by atoms with Gasteiger partial charge in [0, 0.05) is 36.1 Å². The molecule has 35 heavy (non-hydrogen) atoms. The predicted molar refractivity (Wildman–Crippen MR) is 138 cm³/mol. The lowest BCUT2D eigenvalue weighted by Crippen LogP contribution is -2.55. The number of ether oxygens (including phenoxy) is 1. The Morgan fingerprint density at radius 1 is 1.11 bits per heavy atom. The Kier molecular flexibility index (Phi) is 5.84. The van der Waals surface area contributed by atoms with E-state index in [1.54, 1.807) is 7.11 Å². The van der Waals surface area contributed by atoms with Crippen LogP contribution < -0.4 is 10.1 Å². The van der Waals surface area contributed by atoms with E-state index in [1.165, 1.54) is 5.70 Å². The summed E-state index contributed by atoms with van der Waals surface area (Å²) in [5, 5.41) is 3.41. The van der Waals surface area contributed by atoms with Gasteiger partial charge in [-0.2, -0.15) is 0 Å². The fourth-order valence-corrected chi connectivity index (χ4v) is 8.63. The van der Waals surface area contributed by atoms with Crippen LogP contribution in [0, 0.1) is 34.5 Å². The summed E-state index contributed by atoms with van der Waals surface area (Å²) in [6, 6.07) is 7.97. The van der Waals surface area contributed by atoms with E-state index in [-0.39, 0.29) is 28.6 Å². The van der Waals surface area contributed by atoms with Crippen molar-refractivity contribution >= 4 is 11.8 Å². The molecule has 190 valence electrons. The minimum Gasteiger partial charge on any atom is -0.496 e. The fraction of sp³-hybridized carbons (Fsp3) is 0.667. The van der Waals surface area contributed by atoms with E-state index in [0.29, 0.717) is 24.2 Å². The van der Waals surface area contributed by atoms with Gasteiger partial charge in [-0.15, -0.1) is 0 Å². The number of hydrogen-bond acceptors (Lipinski definition) is 3. The molecule has 5 heteroatoms. The van der Waals surface area contributed by atoms with Gasteiger partial charge in [0.1, 0.15) is 5.75 Å². The van der Waals surface area contributed by atoms with Gasteiger partial charge in [0.05, 0.1) is 12.6 Å². The van der Waals surface area contributed by atoms with Crippen molar-refractivity contribution in [2.45, 2.75) is 78.2 Å². The molecule has 4 aliphatic rings. The molecule has 6 atom stereocenters. The number of rotatable bonds is 4. The van der Waals surface area contributed by atoms with Crippen molar-refractivity contribution in [3.05, 3.63) is 41.6 Å². The van der Waals surface area contributed by atoms with Gasteiger partial charge in [0.2, 0.25) is 11.8 Å². The Bertz CT molecular complexity index is 1060. The molecular formula is C30H42N2O3. The predicted octanol–water partition coefficient (Wildman–Crippen LogP) is 5.65. The summed E-state index contributed by atoms with van der Waals surface area (Å²) in [7, 11) is 3.64. The molecule has 2 amide bonds. The summed E-state index contributed by atoms with van der Waals surface area (Å²) in [6.07, 6.45) is 9.33. The number of para-hydroxylation sites is 1. The first-order valence-corrected chi connectivity index (χ1v) is 13.5. The van der Waals surface area contributed by atoms with Crippen LogP contribution in [-0.4, -0.2) is 30.9 Å². The minimum atomic E-state index is -0.509. The summed E-state index contributed by atoms with van der Waals surface area (Å²) >= 11 is 0. The van der Waals surface area contributed by atoms with Crippen LogP contribution in [0.25, 0.3) is 0 Å². The van der Waals surface area contributed by atoms with Crippen molar-refractivity contribution in [1.82, 2.24) is 10.2 Å². The molecule has 0 aromatic heterocycles. The third-order valence-electron chi connectivity index (χ3n) is 10.6. The summed E-state index contributed by atoms with van der Waals surface area (Å²) in [6.45, 7) is 8.93. The number of nitrogens with zero attached hydrogens (tertiary/aromatic N) is 1. The smallest absolute Gasteiger partial charge is 0.226 e. The topological polar surface area (TPSA) is 58.6 Å². The molecule has 1 N–H and O–H groups in total. The van der Waals surface area contributed by atoms with Crippen LogP contribution in [-0.2, 0) is 15.1 Å². The van der Waals surface area contributed by atoms with Gasteiger partial charge in [-0.3, -0.25) is 9.59 Å². The van der Waals surface area contributed by atoms with Gasteiger partial charge in [-0.05, 0) is 81.6 Å². The average molecular weight is 479 g/mol. The molecule has 3 aliphatic carbocycles. The molecular weight excluding hydrogens is 436 g/mol. The molecule has 1 aromatic rings. The first-order chi connectivity index (χ1) is 16.5. The highest BCUT2D eigenvalue weighted by molar-refractivity contribution is 5.81. The Balaban J connectivity index is 1.37. The second kappa shape index (κ2) is 8.38. The summed E-state index contributed by atoms with van der Waals surface area (Å²) in [5.41, 5.74) is 1.86. The number of hydrogen-bond donors (Lipinski definition) is 1. The Labute approximate surface area is 210 Å². The first kappa shape index (κ1) is 24.4. The van der Waals surface area contributed by atoms with Gasteiger partial charge >= 0.3 is 0 Å². The van der Waals surface area contributed by atoms with Gasteiger partial charge in [-0.1, -0.05) is 38.1 Å². The Morgan fingerprint density at radius 2 is 1.86 bits per heavy atom. The van der Waals surface area contributed by atoms with Gasteiger partial charge in [0.15, 0.2) is 0 Å². The normalized spacial score (nSPS) is 36.6. The molecule has 0 radical (unpaired) electrons. The number of fused-ring (bicyclic) bond motifs is 5.